The molecule has 2 heterocycles. The minimum atomic E-state index is -0.294. The first-order valence-corrected chi connectivity index (χ1v) is 9.90. The average molecular weight is 384 g/mol. The SMILES string of the molecule is CCCn1c(=O)c2[nH]c(CCCc3ccccc3)nc2n(CCCOC)c1=O. The number of imidazole rings is 1. The predicted molar refractivity (Wildman–Crippen MR) is 110 cm³/mol. The zero-order valence-electron chi connectivity index (χ0n) is 16.6. The fraction of sp³-hybridized carbons (Fsp3) is 0.476. The Kier molecular flexibility index (Phi) is 6.81. The monoisotopic (exact) mass is 384 g/mol. The van der Waals surface area contributed by atoms with Crippen molar-refractivity contribution in [2.24, 2.45) is 0 Å². The topological polar surface area (TPSA) is 81.9 Å². The van der Waals surface area contributed by atoms with Gasteiger partial charge in [-0.05, 0) is 31.2 Å². The van der Waals surface area contributed by atoms with E-state index in [1.165, 1.54) is 10.1 Å². The number of H-pyrrole nitrogens is 1. The Balaban J connectivity index is 1.89. The lowest BCUT2D eigenvalue weighted by Gasteiger charge is -2.10. The van der Waals surface area contributed by atoms with Crippen LogP contribution in [0.3, 0.4) is 0 Å². The van der Waals surface area contributed by atoms with Crippen LogP contribution in [0.1, 0.15) is 37.6 Å². The highest BCUT2D eigenvalue weighted by molar-refractivity contribution is 5.69. The molecule has 0 atom stereocenters. The van der Waals surface area contributed by atoms with E-state index < -0.39 is 0 Å². The largest absolute Gasteiger partial charge is 0.385 e. The van der Waals surface area contributed by atoms with Crippen LogP contribution >= 0.6 is 0 Å². The van der Waals surface area contributed by atoms with Gasteiger partial charge in [-0.2, -0.15) is 0 Å². The Labute approximate surface area is 164 Å². The second-order valence-corrected chi connectivity index (χ2v) is 6.96. The van der Waals surface area contributed by atoms with Gasteiger partial charge in [-0.25, -0.2) is 9.78 Å². The second kappa shape index (κ2) is 9.50. The summed E-state index contributed by atoms with van der Waals surface area (Å²) in [5.74, 6) is 0.747. The van der Waals surface area contributed by atoms with Crippen molar-refractivity contribution >= 4 is 11.2 Å². The summed E-state index contributed by atoms with van der Waals surface area (Å²) in [4.78, 5) is 33.4. The molecular weight excluding hydrogens is 356 g/mol. The zero-order chi connectivity index (χ0) is 19.9. The minimum Gasteiger partial charge on any atom is -0.385 e. The van der Waals surface area contributed by atoms with Crippen molar-refractivity contribution in [2.75, 3.05) is 13.7 Å². The molecule has 28 heavy (non-hydrogen) atoms. The van der Waals surface area contributed by atoms with E-state index in [1.807, 2.05) is 25.1 Å². The molecule has 7 heteroatoms. The third-order valence-corrected chi connectivity index (χ3v) is 4.81. The van der Waals surface area contributed by atoms with Gasteiger partial charge in [0.15, 0.2) is 5.65 Å². The standard InChI is InChI=1S/C21H28N4O3/c1-3-13-25-20(26)18-19(24(21(25)27)14-8-15-28-2)23-17(22-18)12-7-11-16-9-5-4-6-10-16/h4-6,9-10H,3,7-8,11-15H2,1-2H3,(H,22,23). The predicted octanol–water partition coefficient (Wildman–Crippen LogP) is 2.51. The molecule has 0 amide bonds. The van der Waals surface area contributed by atoms with Gasteiger partial charge in [0, 0.05) is 33.2 Å². The van der Waals surface area contributed by atoms with Gasteiger partial charge in [-0.1, -0.05) is 37.3 Å². The molecule has 0 saturated heterocycles. The van der Waals surface area contributed by atoms with Crippen molar-refractivity contribution < 1.29 is 4.74 Å². The lowest BCUT2D eigenvalue weighted by atomic mass is 10.1. The summed E-state index contributed by atoms with van der Waals surface area (Å²) >= 11 is 0. The van der Waals surface area contributed by atoms with E-state index in [2.05, 4.69) is 22.1 Å². The number of aryl methyl sites for hydroxylation is 3. The molecule has 7 nitrogen and oxygen atoms in total. The van der Waals surface area contributed by atoms with Gasteiger partial charge in [0.05, 0.1) is 0 Å². The number of hydrogen-bond acceptors (Lipinski definition) is 4. The highest BCUT2D eigenvalue weighted by Gasteiger charge is 2.16. The van der Waals surface area contributed by atoms with Crippen molar-refractivity contribution in [3.63, 3.8) is 0 Å². The van der Waals surface area contributed by atoms with Crippen LogP contribution < -0.4 is 11.2 Å². The highest BCUT2D eigenvalue weighted by atomic mass is 16.5. The molecule has 0 aliphatic heterocycles. The van der Waals surface area contributed by atoms with Gasteiger partial charge in [-0.15, -0.1) is 0 Å². The van der Waals surface area contributed by atoms with Gasteiger partial charge >= 0.3 is 5.69 Å². The molecule has 0 aliphatic carbocycles. The molecule has 150 valence electrons. The summed E-state index contributed by atoms with van der Waals surface area (Å²) in [7, 11) is 1.63. The molecule has 0 fully saturated rings. The summed E-state index contributed by atoms with van der Waals surface area (Å²) in [5, 5.41) is 0. The maximum atomic E-state index is 12.8. The quantitative estimate of drug-likeness (QED) is 0.545. The lowest BCUT2D eigenvalue weighted by molar-refractivity contribution is 0.190. The van der Waals surface area contributed by atoms with Crippen molar-refractivity contribution in [3.8, 4) is 0 Å². The minimum absolute atomic E-state index is 0.286. The Bertz CT molecular complexity index is 1020. The molecule has 3 rings (SSSR count). The number of methoxy groups -OCH3 is 1. The van der Waals surface area contributed by atoms with Crippen molar-refractivity contribution in [3.05, 3.63) is 62.6 Å². The maximum Gasteiger partial charge on any atom is 0.332 e. The number of ether oxygens (including phenoxy) is 1. The van der Waals surface area contributed by atoms with Gasteiger partial charge in [0.25, 0.3) is 5.56 Å². The first-order chi connectivity index (χ1) is 13.7. The van der Waals surface area contributed by atoms with E-state index in [1.54, 1.807) is 11.7 Å². The Morgan fingerprint density at radius 3 is 2.54 bits per heavy atom. The molecule has 0 unspecified atom stereocenters. The van der Waals surface area contributed by atoms with Crippen LogP contribution in [0.2, 0.25) is 0 Å². The maximum absolute atomic E-state index is 12.8. The third kappa shape index (κ3) is 4.42. The number of aromatic nitrogens is 4. The van der Waals surface area contributed by atoms with Gasteiger partial charge in [0.2, 0.25) is 0 Å². The highest BCUT2D eigenvalue weighted by Crippen LogP contribution is 2.10. The summed E-state index contributed by atoms with van der Waals surface area (Å²) < 4.78 is 8.01. The van der Waals surface area contributed by atoms with Crippen LogP contribution in [0.5, 0.6) is 0 Å². The van der Waals surface area contributed by atoms with E-state index in [0.29, 0.717) is 37.3 Å². The molecule has 0 aliphatic rings. The smallest absolute Gasteiger partial charge is 0.332 e. The van der Waals surface area contributed by atoms with Gasteiger partial charge in [0.1, 0.15) is 11.3 Å². The average Bonchev–Trinajstić information content (AvgIpc) is 3.13. The Morgan fingerprint density at radius 1 is 1.04 bits per heavy atom. The summed E-state index contributed by atoms with van der Waals surface area (Å²) in [6, 6.07) is 10.3. The van der Waals surface area contributed by atoms with Crippen LogP contribution in [0.4, 0.5) is 0 Å². The first-order valence-electron chi connectivity index (χ1n) is 9.90. The number of nitrogens with zero attached hydrogens (tertiary/aromatic N) is 3. The summed E-state index contributed by atoms with van der Waals surface area (Å²) in [5.41, 5.74) is 1.57. The van der Waals surface area contributed by atoms with Crippen molar-refractivity contribution in [1.29, 1.82) is 0 Å². The van der Waals surface area contributed by atoms with Crippen LogP contribution in [0, 0.1) is 0 Å². The molecule has 1 N–H and O–H groups in total. The molecule has 0 spiro atoms. The molecule has 0 bridgehead atoms. The molecule has 2 aromatic heterocycles. The number of hydrogen-bond donors (Lipinski definition) is 1. The lowest BCUT2D eigenvalue weighted by Crippen LogP contribution is -2.40. The fourth-order valence-corrected chi connectivity index (χ4v) is 3.43. The molecular formula is C21H28N4O3. The molecule has 1 aromatic carbocycles. The normalized spacial score (nSPS) is 11.4. The van der Waals surface area contributed by atoms with E-state index in [9.17, 15) is 9.59 Å². The fourth-order valence-electron chi connectivity index (χ4n) is 3.43. The van der Waals surface area contributed by atoms with E-state index >= 15 is 0 Å². The van der Waals surface area contributed by atoms with Gasteiger partial charge < -0.3 is 9.72 Å². The van der Waals surface area contributed by atoms with Crippen LogP contribution in [-0.4, -0.2) is 32.8 Å². The number of nitrogens with one attached hydrogen (secondary N) is 1. The van der Waals surface area contributed by atoms with Crippen LogP contribution in [0.25, 0.3) is 11.2 Å². The van der Waals surface area contributed by atoms with Crippen LogP contribution in [0.15, 0.2) is 39.9 Å². The van der Waals surface area contributed by atoms with E-state index in [4.69, 9.17) is 4.74 Å². The van der Waals surface area contributed by atoms with E-state index in [-0.39, 0.29) is 11.2 Å². The zero-order valence-corrected chi connectivity index (χ0v) is 16.6. The Morgan fingerprint density at radius 2 is 1.82 bits per heavy atom. The number of rotatable bonds is 10. The summed E-state index contributed by atoms with van der Waals surface area (Å²) in [6.07, 6.45) is 3.99. The number of fused-ring (bicyclic) bond motifs is 1. The first kappa shape index (κ1) is 20.1. The molecule has 0 saturated carbocycles. The second-order valence-electron chi connectivity index (χ2n) is 6.96. The molecule has 3 aromatic rings. The number of benzene rings is 1. The third-order valence-electron chi connectivity index (χ3n) is 4.81. The summed E-state index contributed by atoms with van der Waals surface area (Å²) in [6.45, 7) is 3.38. The Hall–Kier alpha value is -2.67. The van der Waals surface area contributed by atoms with Crippen LogP contribution in [-0.2, 0) is 30.7 Å². The van der Waals surface area contributed by atoms with Crippen molar-refractivity contribution in [1.82, 2.24) is 19.1 Å². The van der Waals surface area contributed by atoms with E-state index in [0.717, 1.165) is 31.5 Å². The van der Waals surface area contributed by atoms with Crippen molar-refractivity contribution in [2.45, 2.75) is 52.1 Å². The molecule has 0 radical (unpaired) electrons. The van der Waals surface area contributed by atoms with Gasteiger partial charge in [-0.3, -0.25) is 13.9 Å². The number of aromatic amines is 1.